The van der Waals surface area contributed by atoms with Gasteiger partial charge in [0.1, 0.15) is 0 Å². The fourth-order valence-corrected chi connectivity index (χ4v) is 2.62. The fraction of sp³-hybridized carbons (Fsp3) is 1.00. The van der Waals surface area contributed by atoms with E-state index in [2.05, 4.69) is 27.6 Å². The molecular formula is C9H21BrN2O2S. The number of halogens is 1. The van der Waals surface area contributed by atoms with Crippen LogP contribution in [0.3, 0.4) is 0 Å². The lowest BCUT2D eigenvalue weighted by atomic mass is 10.0. The van der Waals surface area contributed by atoms with Crippen LogP contribution in [0.25, 0.3) is 0 Å². The molecule has 15 heavy (non-hydrogen) atoms. The molecule has 1 atom stereocenters. The topological polar surface area (TPSA) is 49.4 Å². The zero-order valence-electron chi connectivity index (χ0n) is 9.66. The van der Waals surface area contributed by atoms with Gasteiger partial charge in [-0.1, -0.05) is 29.3 Å². The average Bonchev–Trinajstić information content (AvgIpc) is 2.15. The molecule has 0 bridgehead atoms. The second-order valence-corrected chi connectivity index (χ2v) is 6.53. The molecule has 4 nitrogen and oxygen atoms in total. The maximum atomic E-state index is 11.4. The summed E-state index contributed by atoms with van der Waals surface area (Å²) >= 11 is 3.38. The number of hydrogen-bond acceptors (Lipinski definition) is 2. The molecule has 1 unspecified atom stereocenters. The van der Waals surface area contributed by atoms with Crippen molar-refractivity contribution >= 4 is 26.1 Å². The summed E-state index contributed by atoms with van der Waals surface area (Å²) in [6.07, 6.45) is 3.15. The van der Waals surface area contributed by atoms with Crippen LogP contribution in [-0.2, 0) is 10.2 Å². The van der Waals surface area contributed by atoms with Crippen molar-refractivity contribution in [3.63, 3.8) is 0 Å². The normalized spacial score (nSPS) is 14.5. The van der Waals surface area contributed by atoms with Crippen molar-refractivity contribution < 1.29 is 8.42 Å². The molecule has 0 rings (SSSR count). The minimum absolute atomic E-state index is 0.420. The molecule has 0 aromatic heterocycles. The van der Waals surface area contributed by atoms with Crippen molar-refractivity contribution in [1.82, 2.24) is 9.03 Å². The minimum Gasteiger partial charge on any atom is -0.202 e. The lowest BCUT2D eigenvalue weighted by molar-refractivity contribution is 0.444. The van der Waals surface area contributed by atoms with Crippen molar-refractivity contribution in [3.8, 4) is 0 Å². The van der Waals surface area contributed by atoms with Crippen molar-refractivity contribution in [2.24, 2.45) is 5.92 Å². The Morgan fingerprint density at radius 3 is 2.33 bits per heavy atom. The fourth-order valence-electron chi connectivity index (χ4n) is 1.26. The largest absolute Gasteiger partial charge is 0.278 e. The third-order valence-corrected chi connectivity index (χ3v) is 4.20. The van der Waals surface area contributed by atoms with E-state index in [9.17, 15) is 8.42 Å². The SMILES string of the molecule is CCCC(CCBr)CNS(=O)(=O)N(C)C. The average molecular weight is 301 g/mol. The van der Waals surface area contributed by atoms with E-state index in [-0.39, 0.29) is 0 Å². The van der Waals surface area contributed by atoms with Crippen LogP contribution in [0, 0.1) is 5.92 Å². The van der Waals surface area contributed by atoms with Crippen LogP contribution in [0.1, 0.15) is 26.2 Å². The first-order valence-electron chi connectivity index (χ1n) is 5.17. The third kappa shape index (κ3) is 6.50. The van der Waals surface area contributed by atoms with Gasteiger partial charge in [0.05, 0.1) is 0 Å². The molecule has 0 amide bonds. The highest BCUT2D eigenvalue weighted by atomic mass is 79.9. The molecule has 0 aliphatic carbocycles. The number of nitrogens with zero attached hydrogens (tertiary/aromatic N) is 1. The van der Waals surface area contributed by atoms with E-state index in [1.54, 1.807) is 0 Å². The van der Waals surface area contributed by atoms with Gasteiger partial charge in [-0.2, -0.15) is 12.7 Å². The zero-order valence-corrected chi connectivity index (χ0v) is 12.1. The predicted molar refractivity (Wildman–Crippen MR) is 67.4 cm³/mol. The number of hydrogen-bond donors (Lipinski definition) is 1. The van der Waals surface area contributed by atoms with Gasteiger partial charge in [-0.25, -0.2) is 4.72 Å². The molecule has 0 aromatic rings. The van der Waals surface area contributed by atoms with E-state index in [1.165, 1.54) is 18.4 Å². The van der Waals surface area contributed by atoms with Crippen LogP contribution < -0.4 is 4.72 Å². The van der Waals surface area contributed by atoms with E-state index in [1.807, 2.05) is 0 Å². The van der Waals surface area contributed by atoms with Gasteiger partial charge in [-0.05, 0) is 18.8 Å². The first kappa shape index (κ1) is 15.3. The number of rotatable bonds is 8. The second kappa shape index (κ2) is 7.60. The van der Waals surface area contributed by atoms with Gasteiger partial charge in [0, 0.05) is 26.0 Å². The molecule has 6 heteroatoms. The number of alkyl halides is 1. The maximum absolute atomic E-state index is 11.4. The molecular weight excluding hydrogens is 280 g/mol. The Labute approximate surface area is 102 Å². The standard InChI is InChI=1S/C9H21BrN2O2S/c1-4-5-9(6-7-10)8-11-15(13,14)12(2)3/h9,11H,4-8H2,1-3H3. The van der Waals surface area contributed by atoms with E-state index in [0.29, 0.717) is 12.5 Å². The Morgan fingerprint density at radius 1 is 1.33 bits per heavy atom. The highest BCUT2D eigenvalue weighted by molar-refractivity contribution is 9.09. The van der Waals surface area contributed by atoms with E-state index >= 15 is 0 Å². The van der Waals surface area contributed by atoms with Crippen LogP contribution in [0.5, 0.6) is 0 Å². The molecule has 0 aromatic carbocycles. The monoisotopic (exact) mass is 300 g/mol. The summed E-state index contributed by atoms with van der Waals surface area (Å²) < 4.78 is 26.7. The molecule has 0 aliphatic heterocycles. The Hall–Kier alpha value is 0.350. The van der Waals surface area contributed by atoms with Crippen molar-refractivity contribution in [1.29, 1.82) is 0 Å². The Kier molecular flexibility index (Phi) is 7.77. The number of nitrogens with one attached hydrogen (secondary N) is 1. The van der Waals surface area contributed by atoms with E-state index in [0.717, 1.165) is 24.6 Å². The smallest absolute Gasteiger partial charge is 0.202 e. The summed E-state index contributed by atoms with van der Waals surface area (Å²) in [7, 11) is -0.203. The van der Waals surface area contributed by atoms with Crippen LogP contribution in [0.2, 0.25) is 0 Å². The first-order valence-corrected chi connectivity index (χ1v) is 7.73. The highest BCUT2D eigenvalue weighted by Gasteiger charge is 2.15. The molecule has 0 aliphatic rings. The van der Waals surface area contributed by atoms with Gasteiger partial charge in [-0.3, -0.25) is 0 Å². The summed E-state index contributed by atoms with van der Waals surface area (Å²) in [5.41, 5.74) is 0. The van der Waals surface area contributed by atoms with Gasteiger partial charge < -0.3 is 0 Å². The minimum atomic E-state index is -3.26. The van der Waals surface area contributed by atoms with Crippen LogP contribution in [0.4, 0.5) is 0 Å². The van der Waals surface area contributed by atoms with E-state index < -0.39 is 10.2 Å². The molecule has 92 valence electrons. The lowest BCUT2D eigenvalue weighted by Crippen LogP contribution is -2.38. The Balaban J connectivity index is 4.09. The zero-order chi connectivity index (χ0) is 11.9. The molecule has 0 spiro atoms. The van der Waals surface area contributed by atoms with Gasteiger partial charge in [0.15, 0.2) is 0 Å². The summed E-state index contributed by atoms with van der Waals surface area (Å²) in [5.74, 6) is 0.420. The first-order chi connectivity index (χ1) is 6.94. The quantitative estimate of drug-likeness (QED) is 0.692. The van der Waals surface area contributed by atoms with Gasteiger partial charge in [0.2, 0.25) is 0 Å². The van der Waals surface area contributed by atoms with Gasteiger partial charge in [0.25, 0.3) is 10.2 Å². The van der Waals surface area contributed by atoms with Crippen LogP contribution >= 0.6 is 15.9 Å². The van der Waals surface area contributed by atoms with Crippen molar-refractivity contribution in [2.75, 3.05) is 26.0 Å². The third-order valence-electron chi connectivity index (χ3n) is 2.25. The second-order valence-electron chi connectivity index (χ2n) is 3.77. The summed E-state index contributed by atoms with van der Waals surface area (Å²) in [6.45, 7) is 2.64. The van der Waals surface area contributed by atoms with E-state index in [4.69, 9.17) is 0 Å². The van der Waals surface area contributed by atoms with Crippen molar-refractivity contribution in [2.45, 2.75) is 26.2 Å². The Bertz CT molecular complexity index is 249. The van der Waals surface area contributed by atoms with Gasteiger partial charge >= 0.3 is 0 Å². The lowest BCUT2D eigenvalue weighted by Gasteiger charge is -2.18. The van der Waals surface area contributed by atoms with Crippen LogP contribution in [-0.4, -0.2) is 38.7 Å². The Morgan fingerprint density at radius 2 is 1.93 bits per heavy atom. The summed E-state index contributed by atoms with van der Waals surface area (Å²) in [5, 5.41) is 0.918. The molecule has 0 saturated carbocycles. The molecule has 1 N–H and O–H groups in total. The molecule has 0 radical (unpaired) electrons. The summed E-state index contributed by atoms with van der Waals surface area (Å²) in [4.78, 5) is 0. The highest BCUT2D eigenvalue weighted by Crippen LogP contribution is 2.12. The molecule has 0 saturated heterocycles. The van der Waals surface area contributed by atoms with Crippen molar-refractivity contribution in [3.05, 3.63) is 0 Å². The molecule has 0 fully saturated rings. The maximum Gasteiger partial charge on any atom is 0.278 e. The van der Waals surface area contributed by atoms with Crippen LogP contribution in [0.15, 0.2) is 0 Å². The summed E-state index contributed by atoms with van der Waals surface area (Å²) in [6, 6.07) is 0. The van der Waals surface area contributed by atoms with Gasteiger partial charge in [-0.15, -0.1) is 0 Å². The molecule has 0 heterocycles. The predicted octanol–water partition coefficient (Wildman–Crippen LogP) is 1.58.